The van der Waals surface area contributed by atoms with Crippen LogP contribution in [-0.4, -0.2) is 45.7 Å². The smallest absolute Gasteiger partial charge is 0.290 e. The van der Waals surface area contributed by atoms with Gasteiger partial charge >= 0.3 is 0 Å². The Morgan fingerprint density at radius 2 is 1.84 bits per heavy atom. The second-order valence-electron chi connectivity index (χ2n) is 8.90. The van der Waals surface area contributed by atoms with Crippen molar-refractivity contribution in [2.45, 2.75) is 19.4 Å². The number of thioether (sulfide) groups is 1. The van der Waals surface area contributed by atoms with E-state index in [1.54, 1.807) is 18.3 Å². The highest BCUT2D eigenvalue weighted by molar-refractivity contribution is 8.18. The van der Waals surface area contributed by atoms with Gasteiger partial charge in [-0.2, -0.15) is 13.8 Å². The summed E-state index contributed by atoms with van der Waals surface area (Å²) in [6.45, 7) is 3.13. The van der Waals surface area contributed by atoms with E-state index in [1.807, 2.05) is 24.3 Å². The van der Waals surface area contributed by atoms with Crippen LogP contribution in [0.1, 0.15) is 24.1 Å². The second kappa shape index (κ2) is 11.1. The Kier molecular flexibility index (Phi) is 7.52. The molecule has 0 saturated carbocycles. The molecule has 4 heterocycles. The van der Waals surface area contributed by atoms with Crippen molar-refractivity contribution in [3.63, 3.8) is 0 Å². The molecule has 0 unspecified atom stereocenters. The predicted molar refractivity (Wildman–Crippen MR) is 137 cm³/mol. The molecule has 11 heteroatoms. The maximum Gasteiger partial charge on any atom is 0.290 e. The largest absolute Gasteiger partial charge is 0.341 e. The fourth-order valence-electron chi connectivity index (χ4n) is 4.40. The van der Waals surface area contributed by atoms with Crippen LogP contribution in [0.2, 0.25) is 0 Å². The molecule has 8 nitrogen and oxygen atoms in total. The number of aromatic nitrogens is 3. The highest BCUT2D eigenvalue weighted by atomic mass is 32.2. The number of rotatable bonds is 7. The zero-order valence-electron chi connectivity index (χ0n) is 19.8. The number of piperidine rings is 1. The Morgan fingerprint density at radius 1 is 1.05 bits per heavy atom. The van der Waals surface area contributed by atoms with Gasteiger partial charge in [0.1, 0.15) is 0 Å². The number of hydrogen-bond acceptors (Lipinski definition) is 8. The van der Waals surface area contributed by atoms with Gasteiger partial charge in [0, 0.05) is 38.0 Å². The number of benzene rings is 1. The summed E-state index contributed by atoms with van der Waals surface area (Å²) in [6.07, 6.45) is 5.21. The minimum atomic E-state index is -0.837. The molecule has 190 valence electrons. The van der Waals surface area contributed by atoms with Crippen LogP contribution in [0.25, 0.3) is 17.2 Å². The lowest BCUT2D eigenvalue weighted by molar-refractivity contribution is -0.115. The van der Waals surface area contributed by atoms with Crippen molar-refractivity contribution in [1.82, 2.24) is 25.6 Å². The monoisotopic (exact) mass is 522 g/mol. The van der Waals surface area contributed by atoms with Crippen molar-refractivity contribution in [3.8, 4) is 11.1 Å². The first-order chi connectivity index (χ1) is 17.9. The quantitative estimate of drug-likeness (QED) is 0.353. The van der Waals surface area contributed by atoms with Crippen molar-refractivity contribution in [2.75, 3.05) is 24.5 Å². The Morgan fingerprint density at radius 3 is 2.57 bits per heavy atom. The Bertz CT molecular complexity index is 1340. The van der Waals surface area contributed by atoms with Crippen molar-refractivity contribution in [1.29, 1.82) is 0 Å². The topological polar surface area (TPSA) is 100 Å². The van der Waals surface area contributed by atoms with Crippen molar-refractivity contribution in [2.24, 2.45) is 5.92 Å². The van der Waals surface area contributed by atoms with Gasteiger partial charge in [-0.15, -0.1) is 0 Å². The van der Waals surface area contributed by atoms with Crippen LogP contribution >= 0.6 is 11.8 Å². The third-order valence-corrected chi connectivity index (χ3v) is 7.08. The number of hydrogen-bond donors (Lipinski definition) is 2. The maximum absolute atomic E-state index is 13.5. The number of nitrogens with zero attached hydrogens (tertiary/aromatic N) is 4. The summed E-state index contributed by atoms with van der Waals surface area (Å²) in [5.74, 6) is -0.976. The molecule has 2 saturated heterocycles. The van der Waals surface area contributed by atoms with Crippen LogP contribution in [0, 0.1) is 17.8 Å². The van der Waals surface area contributed by atoms with Crippen LogP contribution in [-0.2, 0) is 11.3 Å². The van der Waals surface area contributed by atoms with Gasteiger partial charge in [-0.05, 0) is 72.0 Å². The Balaban J connectivity index is 1.12. The minimum Gasteiger partial charge on any atom is -0.341 e. The van der Waals surface area contributed by atoms with E-state index in [2.05, 4.69) is 30.5 Å². The molecule has 0 aliphatic carbocycles. The first kappa shape index (κ1) is 25.0. The minimum absolute atomic E-state index is 0.324. The van der Waals surface area contributed by atoms with Crippen LogP contribution in [0.4, 0.5) is 19.5 Å². The number of amides is 2. The number of anilines is 1. The van der Waals surface area contributed by atoms with E-state index >= 15 is 0 Å². The average Bonchev–Trinajstić information content (AvgIpc) is 3.20. The van der Waals surface area contributed by atoms with E-state index < -0.39 is 17.8 Å². The van der Waals surface area contributed by atoms with E-state index in [9.17, 15) is 18.4 Å². The van der Waals surface area contributed by atoms with Gasteiger partial charge in [0.15, 0.2) is 0 Å². The lowest BCUT2D eigenvalue weighted by atomic mass is 9.97. The molecule has 0 radical (unpaired) electrons. The SMILES string of the molecule is O=C1NC(=O)/C(=C/c2ccnc(N3CCC(CNCc4cccc(-c5cc(F)nc(F)c5)c4)CC3)n2)S1. The van der Waals surface area contributed by atoms with Crippen LogP contribution in [0.15, 0.2) is 53.6 Å². The molecule has 2 aliphatic heterocycles. The van der Waals surface area contributed by atoms with Crippen LogP contribution in [0.5, 0.6) is 0 Å². The van der Waals surface area contributed by atoms with E-state index in [-0.39, 0.29) is 5.24 Å². The molecule has 3 aromatic rings. The molecule has 0 atom stereocenters. The molecule has 0 spiro atoms. The summed E-state index contributed by atoms with van der Waals surface area (Å²) in [7, 11) is 0. The highest BCUT2D eigenvalue weighted by Crippen LogP contribution is 2.26. The number of nitrogens with one attached hydrogen (secondary N) is 2. The lowest BCUT2D eigenvalue weighted by Crippen LogP contribution is -2.38. The highest BCUT2D eigenvalue weighted by Gasteiger charge is 2.25. The standard InChI is InChI=1S/C26H24F2N6O2S/c27-22-11-19(12-23(28)32-22)18-3-1-2-17(10-18)15-29-14-16-5-8-34(9-6-16)25-30-7-4-20(31-25)13-21-24(35)33-26(36)37-21/h1-4,7,10-13,16,29H,5-6,8-9,14-15H2,(H,33,35,36)/b21-13-. The van der Waals surface area contributed by atoms with Gasteiger partial charge in [-0.1, -0.05) is 18.2 Å². The molecule has 0 bridgehead atoms. The van der Waals surface area contributed by atoms with Crippen molar-refractivity contribution >= 4 is 34.9 Å². The fourth-order valence-corrected chi connectivity index (χ4v) is 5.07. The summed E-state index contributed by atoms with van der Waals surface area (Å²) in [5.41, 5.74) is 2.81. The lowest BCUT2D eigenvalue weighted by Gasteiger charge is -2.32. The molecule has 2 N–H and O–H groups in total. The maximum atomic E-state index is 13.5. The molecule has 2 amide bonds. The first-order valence-corrected chi connectivity index (χ1v) is 12.7. The molecular formula is C26H24F2N6O2S. The molecular weight excluding hydrogens is 498 g/mol. The van der Waals surface area contributed by atoms with E-state index in [4.69, 9.17) is 0 Å². The normalized spacial score (nSPS) is 17.5. The van der Waals surface area contributed by atoms with Gasteiger partial charge in [0.05, 0.1) is 10.6 Å². The van der Waals surface area contributed by atoms with Crippen LogP contribution in [0.3, 0.4) is 0 Å². The van der Waals surface area contributed by atoms with E-state index in [0.717, 1.165) is 55.4 Å². The van der Waals surface area contributed by atoms with Gasteiger partial charge in [-0.25, -0.2) is 9.97 Å². The fraction of sp³-hybridized carbons (Fsp3) is 0.269. The van der Waals surface area contributed by atoms with E-state index in [0.29, 0.717) is 34.6 Å². The van der Waals surface area contributed by atoms with Crippen molar-refractivity contribution < 1.29 is 18.4 Å². The predicted octanol–water partition coefficient (Wildman–Crippen LogP) is 4.15. The number of halogens is 2. The van der Waals surface area contributed by atoms with Crippen molar-refractivity contribution in [3.05, 3.63) is 76.7 Å². The summed E-state index contributed by atoms with van der Waals surface area (Å²) >= 11 is 0.865. The molecule has 37 heavy (non-hydrogen) atoms. The summed E-state index contributed by atoms with van der Waals surface area (Å²) < 4.78 is 27.0. The number of pyridine rings is 1. The molecule has 2 fully saturated rings. The van der Waals surface area contributed by atoms with Gasteiger partial charge in [0.25, 0.3) is 11.1 Å². The average molecular weight is 523 g/mol. The number of carbonyl (C=O) groups excluding carboxylic acids is 2. The van der Waals surface area contributed by atoms with E-state index in [1.165, 1.54) is 12.1 Å². The zero-order chi connectivity index (χ0) is 25.8. The van der Waals surface area contributed by atoms with Gasteiger partial charge < -0.3 is 10.2 Å². The van der Waals surface area contributed by atoms with Crippen LogP contribution < -0.4 is 15.5 Å². The Labute approximate surface area is 216 Å². The molecule has 1 aromatic carbocycles. The summed E-state index contributed by atoms with van der Waals surface area (Å²) in [5, 5.41) is 5.36. The zero-order valence-corrected chi connectivity index (χ0v) is 20.6. The van der Waals surface area contributed by atoms with Gasteiger partial charge in [0.2, 0.25) is 17.8 Å². The third kappa shape index (κ3) is 6.36. The van der Waals surface area contributed by atoms with Gasteiger partial charge in [-0.3, -0.25) is 14.9 Å². The first-order valence-electron chi connectivity index (χ1n) is 11.9. The second-order valence-corrected chi connectivity index (χ2v) is 9.91. The number of imide groups is 1. The molecule has 2 aliphatic rings. The Hall–Kier alpha value is -3.70. The molecule has 5 rings (SSSR count). The molecule has 2 aromatic heterocycles. The summed E-state index contributed by atoms with van der Waals surface area (Å²) in [6, 6.07) is 11.8. The number of carbonyl (C=O) groups is 2. The third-order valence-electron chi connectivity index (χ3n) is 6.27. The summed E-state index contributed by atoms with van der Waals surface area (Å²) in [4.78, 5) is 37.7.